The molecule has 0 spiro atoms. The van der Waals surface area contributed by atoms with Crippen LogP contribution in [0.4, 0.5) is 0 Å². The van der Waals surface area contributed by atoms with Gasteiger partial charge in [-0.1, -0.05) is 30.6 Å². The van der Waals surface area contributed by atoms with Crippen molar-refractivity contribution in [1.29, 1.82) is 0 Å². The fraction of sp³-hybridized carbons (Fsp3) is 0.444. The molecule has 0 unspecified atom stereocenters. The lowest BCUT2D eigenvalue weighted by Gasteiger charge is -2.31. The zero-order valence-corrected chi connectivity index (χ0v) is 15.5. The number of aromatic nitrogens is 2. The number of halogens is 1. The Labute approximate surface area is 156 Å². The van der Waals surface area contributed by atoms with E-state index in [1.54, 1.807) is 24.3 Å². The predicted molar refractivity (Wildman–Crippen MR) is 96.8 cm³/mol. The molecule has 1 aromatic carbocycles. The quantitative estimate of drug-likeness (QED) is 0.691. The fourth-order valence-corrected chi connectivity index (χ4v) is 2.79. The van der Waals surface area contributed by atoms with Gasteiger partial charge in [0.25, 0.3) is 0 Å². The van der Waals surface area contributed by atoms with Crippen LogP contribution in [0.2, 0.25) is 5.02 Å². The van der Waals surface area contributed by atoms with Crippen LogP contribution in [0.5, 0.6) is 0 Å². The number of carboxylic acids is 1. The summed E-state index contributed by atoms with van der Waals surface area (Å²) in [6, 6.07) is 7.04. The third-order valence-electron chi connectivity index (χ3n) is 4.38. The van der Waals surface area contributed by atoms with Gasteiger partial charge in [-0.25, -0.2) is 0 Å². The Hall–Kier alpha value is -2.41. The molecule has 8 heteroatoms. The first-order valence-electron chi connectivity index (χ1n) is 8.49. The molecule has 0 fully saturated rings. The molecule has 0 saturated carbocycles. The Morgan fingerprint density at radius 3 is 2.46 bits per heavy atom. The number of rotatable bonds is 9. The molecule has 0 saturated heterocycles. The lowest BCUT2D eigenvalue weighted by molar-refractivity contribution is -0.139. The molecule has 0 aliphatic carbocycles. The highest BCUT2D eigenvalue weighted by Gasteiger charge is 2.30. The first-order valence-corrected chi connectivity index (χ1v) is 8.86. The van der Waals surface area contributed by atoms with Crippen molar-refractivity contribution in [3.8, 4) is 11.4 Å². The normalized spacial score (nSPS) is 11.3. The van der Waals surface area contributed by atoms with Gasteiger partial charge in [0, 0.05) is 29.0 Å². The number of nitrogens with zero attached hydrogens (tertiary/aromatic N) is 2. The van der Waals surface area contributed by atoms with Gasteiger partial charge in [0.1, 0.15) is 0 Å². The summed E-state index contributed by atoms with van der Waals surface area (Å²) >= 11 is 5.85. The maximum absolute atomic E-state index is 12.2. The average Bonchev–Trinajstić information content (AvgIpc) is 3.08. The Bertz CT molecular complexity index is 754. The van der Waals surface area contributed by atoms with Gasteiger partial charge >= 0.3 is 5.97 Å². The molecule has 0 aliphatic heterocycles. The van der Waals surface area contributed by atoms with Crippen LogP contribution in [0.25, 0.3) is 11.4 Å². The van der Waals surface area contributed by atoms with Gasteiger partial charge in [-0.2, -0.15) is 4.98 Å². The highest BCUT2D eigenvalue weighted by Crippen LogP contribution is 2.21. The zero-order valence-electron chi connectivity index (χ0n) is 14.8. The number of hydrogen-bond donors (Lipinski definition) is 2. The molecular weight excluding hydrogens is 358 g/mol. The first kappa shape index (κ1) is 19.9. The Kier molecular flexibility index (Phi) is 6.74. The molecule has 0 atom stereocenters. The minimum Gasteiger partial charge on any atom is -0.481 e. The molecule has 1 amide bonds. The van der Waals surface area contributed by atoms with Crippen LogP contribution < -0.4 is 5.32 Å². The van der Waals surface area contributed by atoms with Crippen LogP contribution in [0.3, 0.4) is 0 Å². The fourth-order valence-electron chi connectivity index (χ4n) is 2.66. The van der Waals surface area contributed by atoms with Crippen molar-refractivity contribution < 1.29 is 19.2 Å². The third kappa shape index (κ3) is 5.29. The van der Waals surface area contributed by atoms with Crippen LogP contribution in [-0.4, -0.2) is 32.7 Å². The summed E-state index contributed by atoms with van der Waals surface area (Å²) in [7, 11) is 0. The molecule has 2 aromatic rings. The van der Waals surface area contributed by atoms with E-state index in [0.717, 1.165) is 5.56 Å². The Balaban J connectivity index is 1.95. The lowest BCUT2D eigenvalue weighted by Crippen LogP contribution is -2.49. The standard InChI is InChI=1S/C18H22ClN3O4/c1-3-18(4-2,11-16(24)25)21-14(23)9-10-15-20-17(22-26-15)12-5-7-13(19)8-6-12/h5-8H,3-4,9-11H2,1-2H3,(H,21,23)(H,24,25). The monoisotopic (exact) mass is 379 g/mol. The molecule has 0 bridgehead atoms. The SMILES string of the molecule is CCC(CC)(CC(=O)O)NC(=O)CCc1nc(-c2ccc(Cl)cc2)no1. The second-order valence-electron chi connectivity index (χ2n) is 6.12. The van der Waals surface area contributed by atoms with Crippen molar-refractivity contribution in [3.63, 3.8) is 0 Å². The van der Waals surface area contributed by atoms with E-state index in [0.29, 0.717) is 29.6 Å². The van der Waals surface area contributed by atoms with E-state index in [-0.39, 0.29) is 25.2 Å². The summed E-state index contributed by atoms with van der Waals surface area (Å²) in [6.45, 7) is 3.73. The molecule has 0 radical (unpaired) electrons. The largest absolute Gasteiger partial charge is 0.481 e. The van der Waals surface area contributed by atoms with Gasteiger partial charge in [-0.15, -0.1) is 0 Å². The summed E-state index contributed by atoms with van der Waals surface area (Å²) in [5.41, 5.74) is 0.0398. The van der Waals surface area contributed by atoms with Crippen molar-refractivity contribution in [1.82, 2.24) is 15.5 Å². The number of amides is 1. The highest BCUT2D eigenvalue weighted by molar-refractivity contribution is 6.30. The molecular formula is C18H22ClN3O4. The number of carboxylic acid groups (broad SMARTS) is 1. The minimum absolute atomic E-state index is 0.104. The van der Waals surface area contributed by atoms with Crippen LogP contribution in [0.15, 0.2) is 28.8 Å². The molecule has 7 nitrogen and oxygen atoms in total. The lowest BCUT2D eigenvalue weighted by atomic mass is 9.88. The highest BCUT2D eigenvalue weighted by atomic mass is 35.5. The maximum Gasteiger partial charge on any atom is 0.305 e. The van der Waals surface area contributed by atoms with Gasteiger partial charge < -0.3 is 14.9 Å². The maximum atomic E-state index is 12.2. The van der Waals surface area contributed by atoms with Crippen molar-refractivity contribution in [2.24, 2.45) is 0 Å². The van der Waals surface area contributed by atoms with E-state index < -0.39 is 11.5 Å². The number of aliphatic carboxylic acids is 1. The molecule has 26 heavy (non-hydrogen) atoms. The van der Waals surface area contributed by atoms with E-state index >= 15 is 0 Å². The van der Waals surface area contributed by atoms with E-state index in [1.807, 2.05) is 13.8 Å². The van der Waals surface area contributed by atoms with E-state index in [9.17, 15) is 9.59 Å². The van der Waals surface area contributed by atoms with Gasteiger partial charge in [-0.05, 0) is 37.1 Å². The minimum atomic E-state index is -0.932. The van der Waals surface area contributed by atoms with Crippen LogP contribution >= 0.6 is 11.6 Å². The van der Waals surface area contributed by atoms with E-state index in [4.69, 9.17) is 21.2 Å². The van der Waals surface area contributed by atoms with Gasteiger partial charge in [-0.3, -0.25) is 9.59 Å². The van der Waals surface area contributed by atoms with Crippen LogP contribution in [-0.2, 0) is 16.0 Å². The average molecular weight is 380 g/mol. The van der Waals surface area contributed by atoms with Gasteiger partial charge in [0.05, 0.1) is 6.42 Å². The van der Waals surface area contributed by atoms with Crippen LogP contribution in [0.1, 0.15) is 45.4 Å². The molecule has 0 aliphatic rings. The number of aryl methyl sites for hydroxylation is 1. The zero-order chi connectivity index (χ0) is 19.2. The van der Waals surface area contributed by atoms with E-state index in [1.165, 1.54) is 0 Å². The first-order chi connectivity index (χ1) is 12.4. The van der Waals surface area contributed by atoms with Gasteiger partial charge in [0.2, 0.25) is 17.6 Å². The summed E-state index contributed by atoms with van der Waals surface area (Å²) < 4.78 is 5.18. The van der Waals surface area contributed by atoms with E-state index in [2.05, 4.69) is 15.5 Å². The molecule has 2 rings (SSSR count). The van der Waals surface area contributed by atoms with Crippen molar-refractivity contribution in [2.75, 3.05) is 0 Å². The second kappa shape index (κ2) is 8.80. The Morgan fingerprint density at radius 1 is 1.23 bits per heavy atom. The van der Waals surface area contributed by atoms with Gasteiger partial charge in [0.15, 0.2) is 0 Å². The molecule has 1 aromatic heterocycles. The number of benzene rings is 1. The summed E-state index contributed by atoms with van der Waals surface area (Å²) in [6.07, 6.45) is 1.41. The second-order valence-corrected chi connectivity index (χ2v) is 6.56. The Morgan fingerprint density at radius 2 is 1.88 bits per heavy atom. The summed E-state index contributed by atoms with van der Waals surface area (Å²) in [5, 5.41) is 16.4. The van der Waals surface area contributed by atoms with Crippen molar-refractivity contribution in [2.45, 2.75) is 51.5 Å². The van der Waals surface area contributed by atoms with Crippen molar-refractivity contribution in [3.05, 3.63) is 35.2 Å². The number of nitrogens with one attached hydrogen (secondary N) is 1. The molecule has 140 valence electrons. The summed E-state index contributed by atoms with van der Waals surface area (Å²) in [5.74, 6) is -0.388. The molecule has 2 N–H and O–H groups in total. The summed E-state index contributed by atoms with van der Waals surface area (Å²) in [4.78, 5) is 27.6. The number of carbonyl (C=O) groups excluding carboxylic acids is 1. The smallest absolute Gasteiger partial charge is 0.305 e. The molecule has 1 heterocycles. The predicted octanol–water partition coefficient (Wildman–Crippen LogP) is 3.47. The topological polar surface area (TPSA) is 105 Å². The van der Waals surface area contributed by atoms with Crippen molar-refractivity contribution >= 4 is 23.5 Å². The number of hydrogen-bond acceptors (Lipinski definition) is 5. The number of carbonyl (C=O) groups is 2. The third-order valence-corrected chi connectivity index (χ3v) is 4.64. The van der Waals surface area contributed by atoms with Crippen LogP contribution in [0, 0.1) is 0 Å².